The molecule has 1 aliphatic carbocycles. The minimum absolute atomic E-state index is 0.0471. The van der Waals surface area contributed by atoms with Crippen LogP contribution in [0.15, 0.2) is 0 Å². The molecule has 0 N–H and O–H groups in total. The summed E-state index contributed by atoms with van der Waals surface area (Å²) in [6.45, 7) is 3.13. The monoisotopic (exact) mass is 237 g/mol. The van der Waals surface area contributed by atoms with E-state index in [4.69, 9.17) is 11.6 Å². The van der Waals surface area contributed by atoms with Gasteiger partial charge < -0.3 is 0 Å². The summed E-state index contributed by atoms with van der Waals surface area (Å²) in [5.74, 6) is -1.87. The third-order valence-electron chi connectivity index (χ3n) is 3.85. The molecule has 2 rings (SSSR count). The summed E-state index contributed by atoms with van der Waals surface area (Å²) in [7, 11) is 0. The van der Waals surface area contributed by atoms with Crippen LogP contribution in [-0.2, 0) is 0 Å². The zero-order valence-corrected chi connectivity index (χ0v) is 9.86. The Hall–Kier alpha value is 0.110. The third kappa shape index (κ3) is 2.14. The van der Waals surface area contributed by atoms with E-state index in [2.05, 4.69) is 4.90 Å². The molecule has 88 valence electrons. The van der Waals surface area contributed by atoms with E-state index < -0.39 is 11.3 Å². The molecule has 0 bridgehead atoms. The molecule has 0 radical (unpaired) electrons. The minimum Gasteiger partial charge on any atom is -0.298 e. The summed E-state index contributed by atoms with van der Waals surface area (Å²) in [6.07, 6.45) is 3.41. The molecule has 4 heteroatoms. The topological polar surface area (TPSA) is 3.24 Å². The third-order valence-corrected chi connectivity index (χ3v) is 4.21. The smallest absolute Gasteiger partial charge is 0.255 e. The highest BCUT2D eigenvalue weighted by Gasteiger charge is 2.68. The number of nitrogens with zero attached hydrogens (tertiary/aromatic N) is 1. The Balaban J connectivity index is 1.93. The lowest BCUT2D eigenvalue weighted by atomic mass is 10.00. The lowest BCUT2D eigenvalue weighted by Gasteiger charge is -2.36. The van der Waals surface area contributed by atoms with Gasteiger partial charge in [0.2, 0.25) is 0 Å². The van der Waals surface area contributed by atoms with E-state index in [-0.39, 0.29) is 6.42 Å². The van der Waals surface area contributed by atoms with Crippen LogP contribution in [0.4, 0.5) is 8.78 Å². The normalized spacial score (nSPS) is 40.4. The van der Waals surface area contributed by atoms with Crippen molar-refractivity contribution in [3.05, 3.63) is 0 Å². The van der Waals surface area contributed by atoms with Crippen molar-refractivity contribution in [1.29, 1.82) is 0 Å². The number of hydrogen-bond acceptors (Lipinski definition) is 1. The molecule has 1 aliphatic heterocycles. The Morgan fingerprint density at radius 3 is 2.60 bits per heavy atom. The van der Waals surface area contributed by atoms with Gasteiger partial charge in [0.05, 0.1) is 0 Å². The van der Waals surface area contributed by atoms with Gasteiger partial charge in [-0.25, -0.2) is 8.78 Å². The highest BCUT2D eigenvalue weighted by Crippen LogP contribution is 2.60. The van der Waals surface area contributed by atoms with Crippen molar-refractivity contribution in [1.82, 2.24) is 4.90 Å². The Kier molecular flexibility index (Phi) is 2.97. The summed E-state index contributed by atoms with van der Waals surface area (Å²) in [6, 6.07) is 0.314. The number of rotatable bonds is 3. The Labute approximate surface area is 94.8 Å². The summed E-state index contributed by atoms with van der Waals surface area (Å²) in [5, 5.41) is 0. The van der Waals surface area contributed by atoms with Crippen LogP contribution in [0.1, 0.15) is 32.6 Å². The van der Waals surface area contributed by atoms with Crippen molar-refractivity contribution in [2.24, 2.45) is 5.41 Å². The molecule has 0 aromatic rings. The lowest BCUT2D eigenvalue weighted by Crippen LogP contribution is -2.44. The first-order valence-electron chi connectivity index (χ1n) is 5.66. The zero-order valence-electron chi connectivity index (χ0n) is 9.11. The molecule has 1 heterocycles. The quantitative estimate of drug-likeness (QED) is 0.682. The average molecular weight is 238 g/mol. The molecule has 2 unspecified atom stereocenters. The fourth-order valence-corrected chi connectivity index (χ4v) is 2.86. The number of piperidine rings is 1. The first-order chi connectivity index (χ1) is 6.98. The molecule has 0 amide bonds. The van der Waals surface area contributed by atoms with Gasteiger partial charge >= 0.3 is 0 Å². The van der Waals surface area contributed by atoms with Gasteiger partial charge in [0.25, 0.3) is 5.92 Å². The van der Waals surface area contributed by atoms with Crippen molar-refractivity contribution < 1.29 is 8.78 Å². The van der Waals surface area contributed by atoms with Crippen LogP contribution < -0.4 is 0 Å². The number of halogens is 3. The van der Waals surface area contributed by atoms with Crippen LogP contribution in [0.3, 0.4) is 0 Å². The van der Waals surface area contributed by atoms with Crippen molar-refractivity contribution in [2.75, 3.05) is 19.0 Å². The van der Waals surface area contributed by atoms with Crippen molar-refractivity contribution in [3.63, 3.8) is 0 Å². The van der Waals surface area contributed by atoms with Gasteiger partial charge in [-0.1, -0.05) is 13.3 Å². The van der Waals surface area contributed by atoms with Crippen LogP contribution in [0.2, 0.25) is 0 Å². The van der Waals surface area contributed by atoms with Gasteiger partial charge in [-0.15, -0.1) is 11.6 Å². The second kappa shape index (κ2) is 3.85. The van der Waals surface area contributed by atoms with Crippen LogP contribution >= 0.6 is 11.6 Å². The van der Waals surface area contributed by atoms with Crippen molar-refractivity contribution >= 4 is 11.6 Å². The Morgan fingerprint density at radius 1 is 1.40 bits per heavy atom. The van der Waals surface area contributed by atoms with Crippen LogP contribution in [0.5, 0.6) is 0 Å². The molecule has 0 aromatic heterocycles. The first kappa shape index (κ1) is 11.6. The first-order valence-corrected chi connectivity index (χ1v) is 6.20. The van der Waals surface area contributed by atoms with E-state index in [9.17, 15) is 8.78 Å². The van der Waals surface area contributed by atoms with E-state index in [1.54, 1.807) is 6.92 Å². The molecule has 1 nitrogen and oxygen atoms in total. The summed E-state index contributed by atoms with van der Waals surface area (Å²) in [4.78, 5) is 2.16. The lowest BCUT2D eigenvalue weighted by molar-refractivity contribution is 0.0397. The fourth-order valence-electron chi connectivity index (χ4n) is 2.51. The average Bonchev–Trinajstić information content (AvgIpc) is 2.66. The number of likely N-dealkylation sites (tertiary alicyclic amines) is 1. The predicted octanol–water partition coefficient (Wildman–Crippen LogP) is 3.13. The van der Waals surface area contributed by atoms with Crippen LogP contribution in [0, 0.1) is 5.41 Å². The predicted molar refractivity (Wildman–Crippen MR) is 57.6 cm³/mol. The Bertz CT molecular complexity index is 247. The molecule has 2 atom stereocenters. The van der Waals surface area contributed by atoms with E-state index >= 15 is 0 Å². The van der Waals surface area contributed by atoms with Gasteiger partial charge in [0, 0.05) is 30.3 Å². The second-order valence-corrected chi connectivity index (χ2v) is 5.52. The molecular weight excluding hydrogens is 220 g/mol. The minimum atomic E-state index is -2.44. The maximum Gasteiger partial charge on any atom is 0.255 e. The molecule has 2 fully saturated rings. The SMILES string of the molecule is CC1(CN2CCCCC2CCl)CC1(F)F. The Morgan fingerprint density at radius 2 is 2.07 bits per heavy atom. The van der Waals surface area contributed by atoms with E-state index in [0.29, 0.717) is 18.5 Å². The molecule has 0 spiro atoms. The molecule has 1 saturated carbocycles. The molecule has 0 aromatic carbocycles. The standard InChI is InChI=1S/C11H18ClF2N/c1-10(7-11(10,13)14)8-15-5-3-2-4-9(15)6-12/h9H,2-8H2,1H3. The van der Waals surface area contributed by atoms with E-state index in [1.807, 2.05) is 0 Å². The molecule has 15 heavy (non-hydrogen) atoms. The van der Waals surface area contributed by atoms with E-state index in [1.165, 1.54) is 6.42 Å². The highest BCUT2D eigenvalue weighted by atomic mass is 35.5. The summed E-state index contributed by atoms with van der Waals surface area (Å²) in [5.41, 5.74) is -0.783. The molecule has 1 saturated heterocycles. The summed E-state index contributed by atoms with van der Waals surface area (Å²) < 4.78 is 26.2. The van der Waals surface area contributed by atoms with E-state index in [0.717, 1.165) is 19.4 Å². The van der Waals surface area contributed by atoms with Gasteiger partial charge in [-0.3, -0.25) is 4.90 Å². The fraction of sp³-hybridized carbons (Fsp3) is 1.00. The van der Waals surface area contributed by atoms with Crippen LogP contribution in [0.25, 0.3) is 0 Å². The number of hydrogen-bond donors (Lipinski definition) is 0. The molecule has 2 aliphatic rings. The zero-order chi connectivity index (χ0) is 11.1. The number of alkyl halides is 3. The van der Waals surface area contributed by atoms with Gasteiger partial charge in [0.1, 0.15) is 0 Å². The van der Waals surface area contributed by atoms with Crippen molar-refractivity contribution in [3.8, 4) is 0 Å². The van der Waals surface area contributed by atoms with Crippen LogP contribution in [-0.4, -0.2) is 35.8 Å². The highest BCUT2D eigenvalue weighted by molar-refractivity contribution is 6.18. The maximum absolute atomic E-state index is 13.1. The summed E-state index contributed by atoms with van der Waals surface area (Å²) >= 11 is 5.87. The maximum atomic E-state index is 13.1. The second-order valence-electron chi connectivity index (χ2n) is 5.22. The van der Waals surface area contributed by atoms with Gasteiger partial charge in [-0.2, -0.15) is 0 Å². The van der Waals surface area contributed by atoms with Gasteiger partial charge in [-0.05, 0) is 19.4 Å². The van der Waals surface area contributed by atoms with Crippen molar-refractivity contribution in [2.45, 2.75) is 44.6 Å². The van der Waals surface area contributed by atoms with Gasteiger partial charge in [0.15, 0.2) is 0 Å². The molecular formula is C11H18ClF2N. The largest absolute Gasteiger partial charge is 0.298 e.